The summed E-state index contributed by atoms with van der Waals surface area (Å²) in [7, 11) is 0. The van der Waals surface area contributed by atoms with Crippen LogP contribution in [0.15, 0.2) is 0 Å². The highest BCUT2D eigenvalue weighted by atomic mass is 16.5. The summed E-state index contributed by atoms with van der Waals surface area (Å²) in [5, 5.41) is 12.8. The van der Waals surface area contributed by atoms with E-state index in [2.05, 4.69) is 32.2 Å². The molecule has 16 heavy (non-hydrogen) atoms. The first-order valence-electron chi connectivity index (χ1n) is 6.42. The van der Waals surface area contributed by atoms with Crippen LogP contribution in [0.2, 0.25) is 0 Å². The maximum Gasteiger partial charge on any atom is 0.109 e. The van der Waals surface area contributed by atoms with Crippen molar-refractivity contribution in [3.63, 3.8) is 0 Å². The molecule has 1 aliphatic carbocycles. The van der Waals surface area contributed by atoms with E-state index < -0.39 is 0 Å². The van der Waals surface area contributed by atoms with Crippen LogP contribution in [0.1, 0.15) is 52.9 Å². The Morgan fingerprint density at radius 1 is 1.56 bits per heavy atom. The van der Waals surface area contributed by atoms with E-state index in [0.29, 0.717) is 6.04 Å². The van der Waals surface area contributed by atoms with Crippen molar-refractivity contribution >= 4 is 0 Å². The number of nitrogens with zero attached hydrogens (tertiary/aromatic N) is 1. The molecule has 0 aromatic heterocycles. The molecule has 1 fully saturated rings. The highest BCUT2D eigenvalue weighted by molar-refractivity contribution is 5.10. The number of hydrogen-bond acceptors (Lipinski definition) is 3. The maximum absolute atomic E-state index is 9.37. The molecule has 2 atom stereocenters. The van der Waals surface area contributed by atoms with Gasteiger partial charge in [-0.1, -0.05) is 6.92 Å². The third kappa shape index (κ3) is 3.77. The molecule has 0 aliphatic heterocycles. The lowest BCUT2D eigenvalue weighted by molar-refractivity contribution is 0.00818. The van der Waals surface area contributed by atoms with Crippen molar-refractivity contribution in [1.29, 1.82) is 5.26 Å². The van der Waals surface area contributed by atoms with Gasteiger partial charge in [0.25, 0.3) is 0 Å². The van der Waals surface area contributed by atoms with Gasteiger partial charge < -0.3 is 4.74 Å². The topological polar surface area (TPSA) is 45.0 Å². The monoisotopic (exact) mass is 224 g/mol. The van der Waals surface area contributed by atoms with Crippen molar-refractivity contribution in [1.82, 2.24) is 5.32 Å². The van der Waals surface area contributed by atoms with E-state index in [9.17, 15) is 5.26 Å². The predicted octanol–water partition coefficient (Wildman–Crippen LogP) is 2.62. The summed E-state index contributed by atoms with van der Waals surface area (Å²) in [4.78, 5) is 0. The lowest BCUT2D eigenvalue weighted by Crippen LogP contribution is -2.52. The Labute approximate surface area is 99.2 Å². The summed E-state index contributed by atoms with van der Waals surface area (Å²) in [5.74, 6) is 0. The van der Waals surface area contributed by atoms with Crippen molar-refractivity contribution in [3.8, 4) is 6.07 Å². The average Bonchev–Trinajstić information content (AvgIpc) is 2.26. The van der Waals surface area contributed by atoms with Gasteiger partial charge in [-0.2, -0.15) is 5.26 Å². The highest BCUT2D eigenvalue weighted by Crippen LogP contribution is 2.30. The number of nitrogens with one attached hydrogen (secondary N) is 1. The highest BCUT2D eigenvalue weighted by Gasteiger charge is 2.37. The smallest absolute Gasteiger partial charge is 0.109 e. The summed E-state index contributed by atoms with van der Waals surface area (Å²) < 4.78 is 5.78. The molecule has 1 saturated carbocycles. The molecule has 2 unspecified atom stereocenters. The third-order valence-corrected chi connectivity index (χ3v) is 3.04. The second kappa shape index (κ2) is 6.22. The Bertz CT molecular complexity index is 247. The molecule has 3 nitrogen and oxygen atoms in total. The molecule has 1 rings (SSSR count). The Balaban J connectivity index is 2.55. The van der Waals surface area contributed by atoms with Gasteiger partial charge in [0, 0.05) is 19.1 Å². The first-order valence-corrected chi connectivity index (χ1v) is 6.42. The number of nitriles is 1. The number of rotatable bonds is 5. The number of hydrogen-bond donors (Lipinski definition) is 1. The maximum atomic E-state index is 9.37. The summed E-state index contributed by atoms with van der Waals surface area (Å²) in [6.07, 6.45) is 5.29. The lowest BCUT2D eigenvalue weighted by Gasteiger charge is -2.37. The van der Waals surface area contributed by atoms with E-state index in [1.54, 1.807) is 0 Å². The minimum absolute atomic E-state index is 0.264. The van der Waals surface area contributed by atoms with Gasteiger partial charge in [0.2, 0.25) is 0 Å². The molecule has 0 amide bonds. The number of ether oxygens (including phenoxy) is 1. The quantitative estimate of drug-likeness (QED) is 0.780. The van der Waals surface area contributed by atoms with Gasteiger partial charge in [-0.05, 0) is 39.5 Å². The van der Waals surface area contributed by atoms with E-state index in [0.717, 1.165) is 38.7 Å². The molecular formula is C13H24N2O. The molecule has 0 aromatic carbocycles. The van der Waals surface area contributed by atoms with E-state index in [4.69, 9.17) is 4.74 Å². The van der Waals surface area contributed by atoms with Crippen LogP contribution >= 0.6 is 0 Å². The Morgan fingerprint density at radius 2 is 2.31 bits per heavy atom. The molecule has 0 bridgehead atoms. The SMILES string of the molecule is CCCOC1CCCC(C#N)(NC(C)C)C1. The first kappa shape index (κ1) is 13.5. The second-order valence-corrected chi connectivity index (χ2v) is 5.08. The van der Waals surface area contributed by atoms with Crippen LogP contribution in [0, 0.1) is 11.3 Å². The van der Waals surface area contributed by atoms with Crippen molar-refractivity contribution in [2.75, 3.05) is 6.61 Å². The van der Waals surface area contributed by atoms with Gasteiger partial charge in [-0.25, -0.2) is 0 Å². The van der Waals surface area contributed by atoms with E-state index in [1.165, 1.54) is 0 Å². The van der Waals surface area contributed by atoms with Gasteiger partial charge >= 0.3 is 0 Å². The first-order chi connectivity index (χ1) is 7.62. The third-order valence-electron chi connectivity index (χ3n) is 3.04. The summed E-state index contributed by atoms with van der Waals surface area (Å²) >= 11 is 0. The van der Waals surface area contributed by atoms with E-state index in [-0.39, 0.29) is 11.6 Å². The van der Waals surface area contributed by atoms with Gasteiger partial charge in [0.1, 0.15) is 5.54 Å². The van der Waals surface area contributed by atoms with Crippen LogP contribution in [0.4, 0.5) is 0 Å². The fraction of sp³-hybridized carbons (Fsp3) is 0.923. The zero-order valence-electron chi connectivity index (χ0n) is 10.8. The van der Waals surface area contributed by atoms with Gasteiger partial charge in [-0.15, -0.1) is 0 Å². The Kier molecular flexibility index (Phi) is 5.24. The molecule has 0 radical (unpaired) electrons. The normalized spacial score (nSPS) is 30.3. The molecule has 1 N–H and O–H groups in total. The summed E-state index contributed by atoms with van der Waals surface area (Å²) in [6, 6.07) is 2.82. The fourth-order valence-corrected chi connectivity index (χ4v) is 2.47. The Morgan fingerprint density at radius 3 is 2.88 bits per heavy atom. The van der Waals surface area contributed by atoms with Gasteiger partial charge in [0.15, 0.2) is 0 Å². The van der Waals surface area contributed by atoms with Crippen LogP contribution in [-0.4, -0.2) is 24.3 Å². The van der Waals surface area contributed by atoms with Crippen LogP contribution in [-0.2, 0) is 4.74 Å². The molecule has 0 heterocycles. The second-order valence-electron chi connectivity index (χ2n) is 5.08. The van der Waals surface area contributed by atoms with Gasteiger partial charge in [0.05, 0.1) is 12.2 Å². The van der Waals surface area contributed by atoms with Crippen molar-refractivity contribution in [3.05, 3.63) is 0 Å². The summed E-state index contributed by atoms with van der Waals surface area (Å²) in [6.45, 7) is 7.12. The molecule has 92 valence electrons. The fourth-order valence-electron chi connectivity index (χ4n) is 2.47. The molecule has 0 saturated heterocycles. The minimum atomic E-state index is -0.356. The van der Waals surface area contributed by atoms with Crippen molar-refractivity contribution in [2.24, 2.45) is 0 Å². The lowest BCUT2D eigenvalue weighted by atomic mass is 9.80. The molecular weight excluding hydrogens is 200 g/mol. The summed E-state index contributed by atoms with van der Waals surface area (Å²) in [5.41, 5.74) is -0.356. The van der Waals surface area contributed by atoms with Crippen molar-refractivity contribution < 1.29 is 4.74 Å². The molecule has 0 aromatic rings. The van der Waals surface area contributed by atoms with Crippen molar-refractivity contribution in [2.45, 2.75) is 70.6 Å². The Hall–Kier alpha value is -0.590. The van der Waals surface area contributed by atoms with E-state index >= 15 is 0 Å². The van der Waals surface area contributed by atoms with Crippen LogP contribution in [0.25, 0.3) is 0 Å². The van der Waals surface area contributed by atoms with Crippen LogP contribution in [0.3, 0.4) is 0 Å². The molecule has 3 heteroatoms. The minimum Gasteiger partial charge on any atom is -0.378 e. The van der Waals surface area contributed by atoms with E-state index in [1.807, 2.05) is 0 Å². The van der Waals surface area contributed by atoms with Crippen LogP contribution < -0.4 is 5.32 Å². The molecule has 0 spiro atoms. The standard InChI is InChI=1S/C13H24N2O/c1-4-8-16-12-6-5-7-13(9-12,10-14)15-11(2)3/h11-12,15H,4-9H2,1-3H3. The zero-order chi connectivity index (χ0) is 12.0. The zero-order valence-corrected chi connectivity index (χ0v) is 10.8. The van der Waals surface area contributed by atoms with Gasteiger partial charge in [-0.3, -0.25) is 5.32 Å². The predicted molar refractivity (Wildman–Crippen MR) is 65.1 cm³/mol. The largest absolute Gasteiger partial charge is 0.378 e. The molecule has 1 aliphatic rings. The van der Waals surface area contributed by atoms with Crippen LogP contribution in [0.5, 0.6) is 0 Å². The average molecular weight is 224 g/mol.